The minimum atomic E-state index is -0.381. The van der Waals surface area contributed by atoms with E-state index in [4.69, 9.17) is 4.98 Å². The Hall–Kier alpha value is -3.88. The van der Waals surface area contributed by atoms with E-state index in [0.717, 1.165) is 24.0 Å². The highest BCUT2D eigenvalue weighted by Crippen LogP contribution is 2.26. The fourth-order valence-corrected chi connectivity index (χ4v) is 4.21. The van der Waals surface area contributed by atoms with Gasteiger partial charge in [0.05, 0.1) is 6.54 Å². The van der Waals surface area contributed by atoms with Crippen LogP contribution < -0.4 is 5.56 Å². The molecule has 1 fully saturated rings. The van der Waals surface area contributed by atoms with E-state index in [1.165, 1.54) is 24.3 Å². The van der Waals surface area contributed by atoms with E-state index in [0.29, 0.717) is 36.7 Å². The number of aromatic amines is 1. The lowest BCUT2D eigenvalue weighted by molar-refractivity contribution is 0.0704. The second kappa shape index (κ2) is 8.57. The standard InChI is InChI=1S/C24H23FN6O2/c1-15-4-6-16(7-5-15)13-31-22-20(28-29-31)23(32)27-21(26-22)18-3-2-12-30(14-18)24(33)17-8-10-19(25)11-9-17/h4-11,18H,2-3,12-14H2,1H3,(H,26,27,32). The number of carbonyl (C=O) groups is 1. The van der Waals surface area contributed by atoms with E-state index < -0.39 is 0 Å². The van der Waals surface area contributed by atoms with Gasteiger partial charge in [0.15, 0.2) is 11.2 Å². The molecule has 0 aliphatic carbocycles. The first-order chi connectivity index (χ1) is 16.0. The van der Waals surface area contributed by atoms with Gasteiger partial charge >= 0.3 is 0 Å². The van der Waals surface area contributed by atoms with Gasteiger partial charge in [-0.25, -0.2) is 14.1 Å². The molecule has 168 valence electrons. The summed E-state index contributed by atoms with van der Waals surface area (Å²) in [5, 5.41) is 8.16. The zero-order chi connectivity index (χ0) is 22.9. The highest BCUT2D eigenvalue weighted by Gasteiger charge is 2.28. The Labute approximate surface area is 189 Å². The SMILES string of the molecule is Cc1ccc(Cn2nnc3c(=O)[nH]c(C4CCCN(C(=O)c5ccc(F)cc5)C4)nc32)cc1. The number of rotatable bonds is 4. The predicted octanol–water partition coefficient (Wildman–Crippen LogP) is 3.03. The third-order valence-corrected chi connectivity index (χ3v) is 6.03. The molecule has 0 radical (unpaired) electrons. The molecule has 5 rings (SSSR count). The normalized spacial score (nSPS) is 16.3. The van der Waals surface area contributed by atoms with E-state index in [2.05, 4.69) is 15.3 Å². The minimum Gasteiger partial charge on any atom is -0.338 e. The van der Waals surface area contributed by atoms with E-state index in [1.54, 1.807) is 9.58 Å². The summed E-state index contributed by atoms with van der Waals surface area (Å²) in [6.07, 6.45) is 1.57. The molecule has 1 amide bonds. The molecule has 9 heteroatoms. The van der Waals surface area contributed by atoms with Gasteiger partial charge < -0.3 is 9.88 Å². The molecular weight excluding hydrogens is 423 g/mol. The summed E-state index contributed by atoms with van der Waals surface area (Å²) in [5.41, 5.74) is 2.92. The summed E-state index contributed by atoms with van der Waals surface area (Å²) in [4.78, 5) is 34.9. The van der Waals surface area contributed by atoms with Crippen molar-refractivity contribution in [1.82, 2.24) is 29.9 Å². The van der Waals surface area contributed by atoms with Crippen molar-refractivity contribution in [3.8, 4) is 0 Å². The molecule has 0 saturated carbocycles. The van der Waals surface area contributed by atoms with Crippen molar-refractivity contribution in [1.29, 1.82) is 0 Å². The van der Waals surface area contributed by atoms with Crippen LogP contribution in [0.15, 0.2) is 53.3 Å². The second-order valence-corrected chi connectivity index (χ2v) is 8.45. The van der Waals surface area contributed by atoms with Gasteiger partial charge in [-0.3, -0.25) is 9.59 Å². The molecule has 1 aliphatic heterocycles. The number of likely N-dealkylation sites (tertiary alicyclic amines) is 1. The Balaban J connectivity index is 1.41. The molecule has 1 unspecified atom stereocenters. The Bertz CT molecular complexity index is 1360. The molecule has 1 saturated heterocycles. The van der Waals surface area contributed by atoms with Gasteiger partial charge in [-0.15, -0.1) is 5.10 Å². The van der Waals surface area contributed by atoms with Gasteiger partial charge in [0.1, 0.15) is 11.6 Å². The number of carbonyl (C=O) groups excluding carboxylic acids is 1. The topological polar surface area (TPSA) is 96.8 Å². The number of nitrogens with zero attached hydrogens (tertiary/aromatic N) is 5. The Morgan fingerprint density at radius 2 is 1.91 bits per heavy atom. The van der Waals surface area contributed by atoms with Crippen LogP contribution in [0.25, 0.3) is 11.2 Å². The van der Waals surface area contributed by atoms with Gasteiger partial charge in [0, 0.05) is 24.6 Å². The maximum absolute atomic E-state index is 13.2. The smallest absolute Gasteiger partial charge is 0.281 e. The van der Waals surface area contributed by atoms with Crippen LogP contribution in [-0.4, -0.2) is 48.9 Å². The molecule has 0 spiro atoms. The van der Waals surface area contributed by atoms with Crippen molar-refractivity contribution in [2.24, 2.45) is 0 Å². The van der Waals surface area contributed by atoms with Crippen LogP contribution in [0.3, 0.4) is 0 Å². The fourth-order valence-electron chi connectivity index (χ4n) is 4.21. The van der Waals surface area contributed by atoms with Crippen LogP contribution >= 0.6 is 0 Å². The van der Waals surface area contributed by atoms with Gasteiger partial charge in [-0.2, -0.15) is 0 Å². The van der Waals surface area contributed by atoms with Crippen molar-refractivity contribution in [3.05, 3.63) is 87.2 Å². The van der Waals surface area contributed by atoms with Crippen molar-refractivity contribution in [2.45, 2.75) is 32.2 Å². The van der Waals surface area contributed by atoms with Crippen molar-refractivity contribution < 1.29 is 9.18 Å². The average molecular weight is 446 g/mol. The van der Waals surface area contributed by atoms with Gasteiger partial charge in [0.25, 0.3) is 11.5 Å². The Kier molecular flexibility index (Phi) is 5.45. The van der Waals surface area contributed by atoms with Crippen LogP contribution in [0.4, 0.5) is 4.39 Å². The maximum atomic E-state index is 13.2. The number of aromatic nitrogens is 5. The zero-order valence-electron chi connectivity index (χ0n) is 18.2. The molecule has 8 nitrogen and oxygen atoms in total. The molecular formula is C24H23FN6O2. The van der Waals surface area contributed by atoms with E-state index in [9.17, 15) is 14.0 Å². The first-order valence-electron chi connectivity index (χ1n) is 10.9. The number of hydrogen-bond donors (Lipinski definition) is 1. The second-order valence-electron chi connectivity index (χ2n) is 8.45. The largest absolute Gasteiger partial charge is 0.338 e. The summed E-state index contributed by atoms with van der Waals surface area (Å²) < 4.78 is 14.9. The highest BCUT2D eigenvalue weighted by molar-refractivity contribution is 5.94. The van der Waals surface area contributed by atoms with Crippen molar-refractivity contribution in [3.63, 3.8) is 0 Å². The molecule has 4 aromatic rings. The van der Waals surface area contributed by atoms with Crippen LogP contribution in [-0.2, 0) is 6.54 Å². The van der Waals surface area contributed by atoms with Crippen LogP contribution in [0.2, 0.25) is 0 Å². The lowest BCUT2D eigenvalue weighted by Crippen LogP contribution is -2.40. The monoisotopic (exact) mass is 446 g/mol. The van der Waals surface area contributed by atoms with Crippen LogP contribution in [0.1, 0.15) is 46.1 Å². The lowest BCUT2D eigenvalue weighted by Gasteiger charge is -2.32. The number of aryl methyl sites for hydroxylation is 1. The summed E-state index contributed by atoms with van der Waals surface area (Å²) in [6.45, 7) is 3.50. The molecule has 1 aliphatic rings. The van der Waals surface area contributed by atoms with Crippen LogP contribution in [0.5, 0.6) is 0 Å². The van der Waals surface area contributed by atoms with Crippen LogP contribution in [0, 0.1) is 12.7 Å². The molecule has 1 N–H and O–H groups in total. The third-order valence-electron chi connectivity index (χ3n) is 6.03. The number of piperidine rings is 1. The van der Waals surface area contributed by atoms with E-state index in [-0.39, 0.29) is 28.7 Å². The molecule has 33 heavy (non-hydrogen) atoms. The number of nitrogens with one attached hydrogen (secondary N) is 1. The van der Waals surface area contributed by atoms with Gasteiger partial charge in [0.2, 0.25) is 0 Å². The van der Waals surface area contributed by atoms with Crippen molar-refractivity contribution in [2.75, 3.05) is 13.1 Å². The maximum Gasteiger partial charge on any atom is 0.281 e. The Morgan fingerprint density at radius 1 is 1.15 bits per heavy atom. The number of halogens is 1. The van der Waals surface area contributed by atoms with E-state index in [1.807, 2.05) is 31.2 Å². The summed E-state index contributed by atoms with van der Waals surface area (Å²) >= 11 is 0. The number of benzene rings is 2. The number of H-pyrrole nitrogens is 1. The predicted molar refractivity (Wildman–Crippen MR) is 121 cm³/mol. The molecule has 3 heterocycles. The molecule has 1 atom stereocenters. The summed E-state index contributed by atoms with van der Waals surface area (Å²) in [5.74, 6) is -0.136. The number of fused-ring (bicyclic) bond motifs is 1. The van der Waals surface area contributed by atoms with Gasteiger partial charge in [-0.1, -0.05) is 35.0 Å². The van der Waals surface area contributed by atoms with Gasteiger partial charge in [-0.05, 0) is 49.6 Å². The Morgan fingerprint density at radius 3 is 2.67 bits per heavy atom. The number of hydrogen-bond acceptors (Lipinski definition) is 5. The highest BCUT2D eigenvalue weighted by atomic mass is 19.1. The van der Waals surface area contributed by atoms with Crippen molar-refractivity contribution >= 4 is 17.1 Å². The summed E-state index contributed by atoms with van der Waals surface area (Å²) in [6, 6.07) is 13.6. The number of amides is 1. The van der Waals surface area contributed by atoms with E-state index >= 15 is 0 Å². The molecule has 0 bridgehead atoms. The fraction of sp³-hybridized carbons (Fsp3) is 0.292. The minimum absolute atomic E-state index is 0.122. The zero-order valence-corrected chi connectivity index (χ0v) is 18.2. The average Bonchev–Trinajstić information content (AvgIpc) is 3.24. The lowest BCUT2D eigenvalue weighted by atomic mass is 9.96. The quantitative estimate of drug-likeness (QED) is 0.520. The third kappa shape index (κ3) is 4.26. The molecule has 2 aromatic heterocycles. The first kappa shape index (κ1) is 21.0. The first-order valence-corrected chi connectivity index (χ1v) is 10.9. The summed E-state index contributed by atoms with van der Waals surface area (Å²) in [7, 11) is 0. The molecule has 2 aromatic carbocycles.